The van der Waals surface area contributed by atoms with Crippen LogP contribution in [0, 0.1) is 5.92 Å². The molecular weight excluding hydrogens is 422 g/mol. The van der Waals surface area contributed by atoms with Crippen LogP contribution in [-0.2, 0) is 15.1 Å². The molecule has 8 nitrogen and oxygen atoms in total. The Morgan fingerprint density at radius 1 is 1.15 bits per heavy atom. The van der Waals surface area contributed by atoms with Gasteiger partial charge in [0.1, 0.15) is 5.54 Å². The highest BCUT2D eigenvalue weighted by Crippen LogP contribution is 2.57. The highest BCUT2D eigenvalue weighted by molar-refractivity contribution is 6.12. The highest BCUT2D eigenvalue weighted by Gasteiger charge is 2.66. The number of likely N-dealkylation sites (N-methyl/N-ethyl adjacent to an activating group) is 1. The number of nitrogens with one attached hydrogen (secondary N) is 1. The molecule has 1 N–H and O–H groups in total. The van der Waals surface area contributed by atoms with Crippen LogP contribution in [0.15, 0.2) is 36.4 Å². The predicted molar refractivity (Wildman–Crippen MR) is 121 cm³/mol. The maximum Gasteiger partial charge on any atom is 0.252 e. The lowest BCUT2D eigenvalue weighted by atomic mass is 9.78. The van der Waals surface area contributed by atoms with Crippen LogP contribution in [-0.4, -0.2) is 48.9 Å². The molecule has 0 aromatic heterocycles. The molecule has 4 aliphatic heterocycles. The Morgan fingerprint density at radius 3 is 2.70 bits per heavy atom. The van der Waals surface area contributed by atoms with E-state index in [1.54, 1.807) is 24.1 Å². The second-order valence-corrected chi connectivity index (χ2v) is 9.22. The van der Waals surface area contributed by atoms with Crippen LogP contribution in [0.4, 0.5) is 11.4 Å². The molecule has 170 valence electrons. The Labute approximate surface area is 191 Å². The van der Waals surface area contributed by atoms with Crippen LogP contribution in [0.2, 0.25) is 0 Å². The first-order chi connectivity index (χ1) is 15.9. The van der Waals surface area contributed by atoms with Crippen molar-refractivity contribution < 1.29 is 23.9 Å². The number of ketones is 1. The molecule has 0 saturated carbocycles. The maximum absolute atomic E-state index is 13.9. The Hall–Kier alpha value is -3.39. The fourth-order valence-corrected chi connectivity index (χ4v) is 6.22. The summed E-state index contributed by atoms with van der Waals surface area (Å²) in [6.45, 7) is 2.31. The van der Waals surface area contributed by atoms with Gasteiger partial charge in [-0.15, -0.1) is 0 Å². The largest absolute Gasteiger partial charge is 0.454 e. The predicted octanol–water partition coefficient (Wildman–Crippen LogP) is 2.91. The van der Waals surface area contributed by atoms with E-state index >= 15 is 0 Å². The number of hydrogen-bond acceptors (Lipinski definition) is 6. The Balaban J connectivity index is 1.43. The van der Waals surface area contributed by atoms with Crippen LogP contribution in [0.25, 0.3) is 0 Å². The number of carbonyl (C=O) groups is 3. The minimum atomic E-state index is -1.02. The maximum atomic E-state index is 13.9. The average Bonchev–Trinajstić information content (AvgIpc) is 3.55. The van der Waals surface area contributed by atoms with Crippen molar-refractivity contribution in [2.75, 3.05) is 30.6 Å². The van der Waals surface area contributed by atoms with Crippen molar-refractivity contribution in [1.29, 1.82) is 0 Å². The summed E-state index contributed by atoms with van der Waals surface area (Å²) >= 11 is 0. The first kappa shape index (κ1) is 20.2. The average molecular weight is 447 g/mol. The van der Waals surface area contributed by atoms with Crippen molar-refractivity contribution in [3.8, 4) is 11.5 Å². The molecule has 0 aliphatic carbocycles. The zero-order chi connectivity index (χ0) is 22.9. The third kappa shape index (κ3) is 2.64. The van der Waals surface area contributed by atoms with Gasteiger partial charge in [0.05, 0.1) is 11.6 Å². The van der Waals surface area contributed by atoms with E-state index in [1.165, 1.54) is 6.92 Å². The first-order valence-electron chi connectivity index (χ1n) is 11.3. The summed E-state index contributed by atoms with van der Waals surface area (Å²) in [4.78, 5) is 43.9. The number of anilines is 2. The molecule has 0 unspecified atom stereocenters. The number of amides is 2. The molecule has 3 atom stereocenters. The zero-order valence-electron chi connectivity index (χ0n) is 18.6. The molecule has 0 bridgehead atoms. The van der Waals surface area contributed by atoms with E-state index in [2.05, 4.69) is 10.2 Å². The molecule has 2 saturated heterocycles. The molecule has 0 radical (unpaired) electrons. The molecule has 33 heavy (non-hydrogen) atoms. The van der Waals surface area contributed by atoms with E-state index < -0.39 is 11.5 Å². The van der Waals surface area contributed by atoms with E-state index in [0.29, 0.717) is 29.2 Å². The molecule has 8 heteroatoms. The number of benzene rings is 2. The van der Waals surface area contributed by atoms with Gasteiger partial charge in [-0.1, -0.05) is 18.2 Å². The van der Waals surface area contributed by atoms with Crippen molar-refractivity contribution in [1.82, 2.24) is 4.90 Å². The standard InChI is InChI=1S/C25H25N3O5/c1-14(29)16-11-21-22(33-13-32-21)12-19(16)26-23(30)18-10-15-6-5-9-28(15)25(18)17-7-3-4-8-20(17)27(2)24(25)31/h3-4,7-8,11-12,15,18H,5-6,9-10,13H2,1-2H3,(H,26,30)/t15-,18-,25+/m0/s1. The van der Waals surface area contributed by atoms with Gasteiger partial charge < -0.3 is 19.7 Å². The number of nitrogens with zero attached hydrogens (tertiary/aromatic N) is 2. The lowest BCUT2D eigenvalue weighted by Gasteiger charge is -2.37. The molecule has 4 aliphatic rings. The summed E-state index contributed by atoms with van der Waals surface area (Å²) < 4.78 is 10.9. The summed E-state index contributed by atoms with van der Waals surface area (Å²) in [5.41, 5.74) is 1.45. The fourth-order valence-electron chi connectivity index (χ4n) is 6.22. The lowest BCUT2D eigenvalue weighted by Crippen LogP contribution is -2.55. The van der Waals surface area contributed by atoms with Gasteiger partial charge in [0.2, 0.25) is 12.7 Å². The van der Waals surface area contributed by atoms with Crippen LogP contribution < -0.4 is 19.7 Å². The summed E-state index contributed by atoms with van der Waals surface area (Å²) in [5, 5.41) is 2.98. The lowest BCUT2D eigenvalue weighted by molar-refractivity contribution is -0.136. The van der Waals surface area contributed by atoms with Gasteiger partial charge in [-0.2, -0.15) is 0 Å². The van der Waals surface area contributed by atoms with Crippen molar-refractivity contribution in [2.24, 2.45) is 5.92 Å². The van der Waals surface area contributed by atoms with Gasteiger partial charge >= 0.3 is 0 Å². The van der Waals surface area contributed by atoms with Crippen LogP contribution in [0.3, 0.4) is 0 Å². The minimum Gasteiger partial charge on any atom is -0.454 e. The number of rotatable bonds is 3. The quantitative estimate of drug-likeness (QED) is 0.728. The summed E-state index contributed by atoms with van der Waals surface area (Å²) in [7, 11) is 1.78. The normalized spacial score (nSPS) is 27.2. The number of carbonyl (C=O) groups excluding carboxylic acids is 3. The van der Waals surface area contributed by atoms with Crippen LogP contribution in [0.5, 0.6) is 11.5 Å². The Bertz CT molecular complexity index is 1210. The second-order valence-electron chi connectivity index (χ2n) is 9.22. The molecule has 2 fully saturated rings. The molecule has 2 aromatic rings. The topological polar surface area (TPSA) is 88.2 Å². The van der Waals surface area contributed by atoms with E-state index in [1.807, 2.05) is 24.3 Å². The first-order valence-corrected chi connectivity index (χ1v) is 11.3. The number of ether oxygens (including phenoxy) is 2. The van der Waals surface area contributed by atoms with Gasteiger partial charge in [0.25, 0.3) is 5.91 Å². The second kappa shape index (κ2) is 7.05. The van der Waals surface area contributed by atoms with Gasteiger partial charge in [-0.3, -0.25) is 19.3 Å². The highest BCUT2D eigenvalue weighted by atomic mass is 16.7. The fraction of sp³-hybridized carbons (Fsp3) is 0.400. The number of hydrogen-bond donors (Lipinski definition) is 1. The third-order valence-electron chi connectivity index (χ3n) is 7.62. The van der Waals surface area contributed by atoms with Gasteiger partial charge in [-0.05, 0) is 44.9 Å². The molecule has 2 aromatic carbocycles. The zero-order valence-corrected chi connectivity index (χ0v) is 18.6. The Morgan fingerprint density at radius 2 is 1.91 bits per heavy atom. The monoisotopic (exact) mass is 447 g/mol. The SMILES string of the molecule is CC(=O)c1cc2c(cc1NC(=O)[C@@H]1C[C@@H]3CCCN3[C@@]13C(=O)N(C)c1ccccc13)OCO2. The molecular formula is C25H25N3O5. The molecule has 2 amide bonds. The van der Waals surface area contributed by atoms with E-state index in [-0.39, 0.29) is 30.4 Å². The number of fused-ring (bicyclic) bond motifs is 5. The van der Waals surface area contributed by atoms with Gasteiger partial charge in [0.15, 0.2) is 17.3 Å². The third-order valence-corrected chi connectivity index (χ3v) is 7.62. The molecule has 6 rings (SSSR count). The molecule has 4 heterocycles. The summed E-state index contributed by atoms with van der Waals surface area (Å²) in [6.07, 6.45) is 2.57. The van der Waals surface area contributed by atoms with Crippen molar-refractivity contribution >= 4 is 29.0 Å². The van der Waals surface area contributed by atoms with Crippen molar-refractivity contribution in [2.45, 2.75) is 37.8 Å². The summed E-state index contributed by atoms with van der Waals surface area (Å²) in [6, 6.07) is 11.2. The molecule has 1 spiro atoms. The summed E-state index contributed by atoms with van der Waals surface area (Å²) in [5.74, 6) is -0.120. The van der Waals surface area contributed by atoms with Crippen molar-refractivity contribution in [3.05, 3.63) is 47.5 Å². The smallest absolute Gasteiger partial charge is 0.252 e. The Kier molecular flexibility index (Phi) is 4.32. The van der Waals surface area contributed by atoms with E-state index in [0.717, 1.165) is 30.6 Å². The van der Waals surface area contributed by atoms with E-state index in [4.69, 9.17) is 9.47 Å². The minimum absolute atomic E-state index is 0.0641. The van der Waals surface area contributed by atoms with Crippen LogP contribution in [0.1, 0.15) is 42.1 Å². The van der Waals surface area contributed by atoms with Crippen molar-refractivity contribution in [3.63, 3.8) is 0 Å². The number of Topliss-reactive ketones (excluding diaryl/α,β-unsaturated/α-hetero) is 1. The van der Waals surface area contributed by atoms with E-state index in [9.17, 15) is 14.4 Å². The van der Waals surface area contributed by atoms with Gasteiger partial charge in [0, 0.05) is 36.0 Å². The number of para-hydroxylation sites is 1. The van der Waals surface area contributed by atoms with Crippen LogP contribution >= 0.6 is 0 Å². The van der Waals surface area contributed by atoms with Gasteiger partial charge in [-0.25, -0.2) is 0 Å².